The van der Waals surface area contributed by atoms with E-state index in [0.29, 0.717) is 6.42 Å². The van der Waals surface area contributed by atoms with Crippen LogP contribution < -0.4 is 5.69 Å². The molecule has 1 unspecified atom stereocenters. The normalized spacial score (nSPS) is 12.3. The van der Waals surface area contributed by atoms with Crippen LogP contribution in [0.15, 0.2) is 41.5 Å². The molecule has 1 atom stereocenters. The van der Waals surface area contributed by atoms with Crippen molar-refractivity contribution in [2.24, 2.45) is 13.0 Å². The summed E-state index contributed by atoms with van der Waals surface area (Å²) in [5, 5.41) is 8.87. The number of carboxylic acid groups (broad SMARTS) is 1. The fraction of sp³-hybridized carbons (Fsp3) is 0.286. The number of carbonyl (C=O) groups is 1. The summed E-state index contributed by atoms with van der Waals surface area (Å²) in [6, 6.07) is 7.36. The van der Waals surface area contributed by atoms with Gasteiger partial charge in [0.05, 0.1) is 11.6 Å². The maximum absolute atomic E-state index is 11.8. The van der Waals surface area contributed by atoms with E-state index in [0.717, 1.165) is 11.3 Å². The summed E-state index contributed by atoms with van der Waals surface area (Å²) in [5.74, 6) is -1.21. The van der Waals surface area contributed by atoms with Gasteiger partial charge in [-0.05, 0) is 24.1 Å². The summed E-state index contributed by atoms with van der Waals surface area (Å²) < 4.78 is 3.05. The average Bonchev–Trinajstić information content (AvgIpc) is 2.71. The molecule has 0 saturated heterocycles. The second-order valence-corrected chi connectivity index (χ2v) is 4.67. The summed E-state index contributed by atoms with van der Waals surface area (Å²) in [5.41, 5.74) is 1.62. The highest BCUT2D eigenvalue weighted by Gasteiger charge is 2.11. The highest BCUT2D eigenvalue weighted by molar-refractivity contribution is 5.69. The number of hydrogen-bond acceptors (Lipinski definition) is 2. The SMILES string of the molecule is CC(Cc1ccc(-n2ccn(C)c2=O)cc1)C(=O)O. The highest BCUT2D eigenvalue weighted by Crippen LogP contribution is 2.12. The molecule has 1 aromatic heterocycles. The topological polar surface area (TPSA) is 64.2 Å². The average molecular weight is 260 g/mol. The van der Waals surface area contributed by atoms with Gasteiger partial charge in [-0.3, -0.25) is 9.36 Å². The quantitative estimate of drug-likeness (QED) is 0.904. The zero-order valence-electron chi connectivity index (χ0n) is 10.9. The van der Waals surface area contributed by atoms with Crippen LogP contribution in [0.5, 0.6) is 0 Å². The number of aromatic nitrogens is 2. The van der Waals surface area contributed by atoms with E-state index in [1.807, 2.05) is 24.3 Å². The first-order chi connectivity index (χ1) is 8.99. The van der Waals surface area contributed by atoms with E-state index in [1.54, 1.807) is 30.9 Å². The fourth-order valence-corrected chi connectivity index (χ4v) is 1.89. The van der Waals surface area contributed by atoms with Gasteiger partial charge in [-0.1, -0.05) is 19.1 Å². The first-order valence-electron chi connectivity index (χ1n) is 6.05. The smallest absolute Gasteiger partial charge is 0.332 e. The molecular weight excluding hydrogens is 244 g/mol. The van der Waals surface area contributed by atoms with Crippen LogP contribution in [0, 0.1) is 5.92 Å². The van der Waals surface area contributed by atoms with Gasteiger partial charge in [0.1, 0.15) is 0 Å². The maximum Gasteiger partial charge on any atom is 0.332 e. The van der Waals surface area contributed by atoms with Crippen molar-refractivity contribution in [2.45, 2.75) is 13.3 Å². The molecule has 0 aliphatic rings. The van der Waals surface area contributed by atoms with Crippen LogP contribution in [0.4, 0.5) is 0 Å². The molecule has 1 aromatic carbocycles. The number of aryl methyl sites for hydroxylation is 1. The number of hydrogen-bond donors (Lipinski definition) is 1. The minimum absolute atomic E-state index is 0.105. The standard InChI is InChI=1S/C14H16N2O3/c1-10(13(17)18)9-11-3-5-12(6-4-11)16-8-7-15(2)14(16)19/h3-8,10H,9H2,1-2H3,(H,17,18). The molecule has 1 heterocycles. The van der Waals surface area contributed by atoms with Crippen molar-refractivity contribution in [3.63, 3.8) is 0 Å². The summed E-state index contributed by atoms with van der Waals surface area (Å²) in [6.07, 6.45) is 3.89. The summed E-state index contributed by atoms with van der Waals surface area (Å²) in [7, 11) is 1.70. The zero-order valence-corrected chi connectivity index (χ0v) is 10.9. The molecule has 0 amide bonds. The van der Waals surface area contributed by atoms with Crippen molar-refractivity contribution in [3.05, 3.63) is 52.7 Å². The first-order valence-corrected chi connectivity index (χ1v) is 6.05. The molecule has 2 aromatic rings. The lowest BCUT2D eigenvalue weighted by atomic mass is 10.0. The predicted octanol–water partition coefficient (Wildman–Crippen LogP) is 1.44. The minimum atomic E-state index is -0.802. The number of aliphatic carboxylic acids is 1. The Morgan fingerprint density at radius 2 is 1.89 bits per heavy atom. The van der Waals surface area contributed by atoms with E-state index < -0.39 is 11.9 Å². The second kappa shape index (κ2) is 5.14. The van der Waals surface area contributed by atoms with Gasteiger partial charge in [-0.2, -0.15) is 0 Å². The van der Waals surface area contributed by atoms with Crippen LogP contribution in [0.25, 0.3) is 5.69 Å². The van der Waals surface area contributed by atoms with Gasteiger partial charge in [0.2, 0.25) is 0 Å². The Labute approximate surface area is 110 Å². The third kappa shape index (κ3) is 2.76. The molecule has 5 heteroatoms. The Balaban J connectivity index is 2.22. The molecular formula is C14H16N2O3. The van der Waals surface area contributed by atoms with Gasteiger partial charge in [-0.15, -0.1) is 0 Å². The van der Waals surface area contributed by atoms with E-state index >= 15 is 0 Å². The molecule has 0 saturated carbocycles. The highest BCUT2D eigenvalue weighted by atomic mass is 16.4. The summed E-state index contributed by atoms with van der Waals surface area (Å²) in [6.45, 7) is 1.68. The Kier molecular flexibility index (Phi) is 3.55. The van der Waals surface area contributed by atoms with Crippen molar-refractivity contribution >= 4 is 5.97 Å². The van der Waals surface area contributed by atoms with Gasteiger partial charge >= 0.3 is 11.7 Å². The summed E-state index contributed by atoms with van der Waals surface area (Å²) in [4.78, 5) is 22.6. The fourth-order valence-electron chi connectivity index (χ4n) is 1.89. The van der Waals surface area contributed by atoms with Crippen LogP contribution in [-0.4, -0.2) is 20.2 Å². The predicted molar refractivity (Wildman–Crippen MR) is 71.5 cm³/mol. The van der Waals surface area contributed by atoms with Crippen molar-refractivity contribution in [2.75, 3.05) is 0 Å². The lowest BCUT2D eigenvalue weighted by molar-refractivity contribution is -0.141. The molecule has 0 radical (unpaired) electrons. The van der Waals surface area contributed by atoms with Crippen molar-refractivity contribution in [3.8, 4) is 5.69 Å². The van der Waals surface area contributed by atoms with Gasteiger partial charge in [0, 0.05) is 19.4 Å². The summed E-state index contributed by atoms with van der Waals surface area (Å²) >= 11 is 0. The molecule has 0 aliphatic carbocycles. The maximum atomic E-state index is 11.8. The number of carboxylic acids is 1. The third-order valence-corrected chi connectivity index (χ3v) is 3.13. The van der Waals surface area contributed by atoms with Crippen LogP contribution >= 0.6 is 0 Å². The van der Waals surface area contributed by atoms with Crippen LogP contribution in [0.2, 0.25) is 0 Å². The van der Waals surface area contributed by atoms with Gasteiger partial charge in [-0.25, -0.2) is 4.79 Å². The largest absolute Gasteiger partial charge is 0.481 e. The first kappa shape index (κ1) is 13.1. The molecule has 0 aliphatic heterocycles. The lowest BCUT2D eigenvalue weighted by Crippen LogP contribution is -2.20. The molecule has 2 rings (SSSR count). The van der Waals surface area contributed by atoms with E-state index in [1.165, 1.54) is 4.57 Å². The van der Waals surface area contributed by atoms with E-state index in [4.69, 9.17) is 5.11 Å². The van der Waals surface area contributed by atoms with Crippen LogP contribution in [-0.2, 0) is 18.3 Å². The molecule has 0 spiro atoms. The number of rotatable bonds is 4. The van der Waals surface area contributed by atoms with E-state index in [2.05, 4.69) is 0 Å². The number of imidazole rings is 1. The van der Waals surface area contributed by atoms with Crippen LogP contribution in [0.1, 0.15) is 12.5 Å². The molecule has 0 bridgehead atoms. The van der Waals surface area contributed by atoms with E-state index in [9.17, 15) is 9.59 Å². The molecule has 100 valence electrons. The van der Waals surface area contributed by atoms with Crippen molar-refractivity contribution in [1.29, 1.82) is 0 Å². The Morgan fingerprint density at radius 3 is 2.37 bits per heavy atom. The monoisotopic (exact) mass is 260 g/mol. The van der Waals surface area contributed by atoms with Gasteiger partial charge in [0.15, 0.2) is 0 Å². The second-order valence-electron chi connectivity index (χ2n) is 4.67. The minimum Gasteiger partial charge on any atom is -0.481 e. The van der Waals surface area contributed by atoms with Gasteiger partial charge < -0.3 is 9.67 Å². The third-order valence-electron chi connectivity index (χ3n) is 3.13. The molecule has 19 heavy (non-hydrogen) atoms. The number of benzene rings is 1. The molecule has 0 fully saturated rings. The molecule has 5 nitrogen and oxygen atoms in total. The van der Waals surface area contributed by atoms with Gasteiger partial charge in [0.25, 0.3) is 0 Å². The van der Waals surface area contributed by atoms with Crippen molar-refractivity contribution in [1.82, 2.24) is 9.13 Å². The lowest BCUT2D eigenvalue weighted by Gasteiger charge is -2.07. The Hall–Kier alpha value is -2.30. The Bertz CT molecular complexity index is 637. The van der Waals surface area contributed by atoms with Crippen molar-refractivity contribution < 1.29 is 9.90 Å². The molecule has 1 N–H and O–H groups in total. The zero-order chi connectivity index (χ0) is 14.0. The van der Waals surface area contributed by atoms with E-state index in [-0.39, 0.29) is 5.69 Å². The Morgan fingerprint density at radius 1 is 1.26 bits per heavy atom. The van der Waals surface area contributed by atoms with Crippen LogP contribution in [0.3, 0.4) is 0 Å². The number of nitrogens with zero attached hydrogens (tertiary/aromatic N) is 2.